The van der Waals surface area contributed by atoms with E-state index in [4.69, 9.17) is 14.2 Å². The van der Waals surface area contributed by atoms with E-state index < -0.39 is 10.0 Å². The van der Waals surface area contributed by atoms with Gasteiger partial charge in [0.15, 0.2) is 11.5 Å². The largest absolute Gasteiger partial charge is 0.493 e. The highest BCUT2D eigenvalue weighted by Crippen LogP contribution is 2.38. The summed E-state index contributed by atoms with van der Waals surface area (Å²) >= 11 is 0. The Hall–Kier alpha value is -2.00. The van der Waals surface area contributed by atoms with Crippen molar-refractivity contribution in [1.82, 2.24) is 9.21 Å². The van der Waals surface area contributed by atoms with Crippen LogP contribution >= 0.6 is 0 Å². The molecule has 8 nitrogen and oxygen atoms in total. The standard InChI is InChI=1S/C20H32N2O6S/c1-21(13-15-11-17(26-2)20(28-4)18(12-15)27-3)19(23)14-22(29(5,24)25)16-9-7-6-8-10-16/h11-12,16H,6-10,13-14H2,1-5H3. The summed E-state index contributed by atoms with van der Waals surface area (Å²) < 4.78 is 42.0. The first-order chi connectivity index (χ1) is 13.7. The zero-order valence-corrected chi connectivity index (χ0v) is 18.8. The van der Waals surface area contributed by atoms with E-state index in [1.165, 1.54) is 36.8 Å². The third-order valence-electron chi connectivity index (χ3n) is 5.27. The normalized spacial score (nSPS) is 15.2. The average molecular weight is 429 g/mol. The molecule has 0 aliphatic heterocycles. The fourth-order valence-corrected chi connectivity index (χ4v) is 4.83. The quantitative estimate of drug-likeness (QED) is 0.600. The Bertz CT molecular complexity index is 780. The Morgan fingerprint density at radius 3 is 2.03 bits per heavy atom. The van der Waals surface area contributed by atoms with Crippen LogP contribution < -0.4 is 14.2 Å². The predicted molar refractivity (Wildman–Crippen MR) is 111 cm³/mol. The monoisotopic (exact) mass is 428 g/mol. The van der Waals surface area contributed by atoms with Crippen molar-refractivity contribution >= 4 is 15.9 Å². The van der Waals surface area contributed by atoms with Crippen molar-refractivity contribution in [1.29, 1.82) is 0 Å². The van der Waals surface area contributed by atoms with Crippen molar-refractivity contribution in [3.63, 3.8) is 0 Å². The summed E-state index contributed by atoms with van der Waals surface area (Å²) in [5.41, 5.74) is 0.791. The lowest BCUT2D eigenvalue weighted by Crippen LogP contribution is -2.46. The smallest absolute Gasteiger partial charge is 0.237 e. The van der Waals surface area contributed by atoms with Crippen molar-refractivity contribution in [2.75, 3.05) is 41.2 Å². The number of likely N-dealkylation sites (N-methyl/N-ethyl adjacent to an activating group) is 1. The fraction of sp³-hybridized carbons (Fsp3) is 0.650. The summed E-state index contributed by atoms with van der Waals surface area (Å²) in [5, 5.41) is 0. The maximum absolute atomic E-state index is 12.8. The van der Waals surface area contributed by atoms with Gasteiger partial charge < -0.3 is 19.1 Å². The molecule has 0 unspecified atom stereocenters. The molecule has 29 heavy (non-hydrogen) atoms. The molecule has 2 rings (SSSR count). The second-order valence-corrected chi connectivity index (χ2v) is 9.32. The number of ether oxygens (including phenoxy) is 3. The lowest BCUT2D eigenvalue weighted by atomic mass is 9.95. The molecule has 1 aliphatic rings. The summed E-state index contributed by atoms with van der Waals surface area (Å²) in [4.78, 5) is 14.3. The minimum Gasteiger partial charge on any atom is -0.493 e. The SMILES string of the molecule is COc1cc(CN(C)C(=O)CN(C2CCCCC2)S(C)(=O)=O)cc(OC)c1OC. The summed E-state index contributed by atoms with van der Waals surface area (Å²) in [6, 6.07) is 3.46. The van der Waals surface area contributed by atoms with E-state index in [0.29, 0.717) is 17.2 Å². The van der Waals surface area contributed by atoms with E-state index >= 15 is 0 Å². The molecular weight excluding hydrogens is 396 g/mol. The molecule has 1 fully saturated rings. The third-order valence-corrected chi connectivity index (χ3v) is 6.55. The van der Waals surface area contributed by atoms with E-state index in [-0.39, 0.29) is 25.0 Å². The van der Waals surface area contributed by atoms with Gasteiger partial charge in [-0.05, 0) is 30.5 Å². The second-order valence-electron chi connectivity index (χ2n) is 7.38. The molecule has 0 atom stereocenters. The Balaban J connectivity index is 2.15. The molecule has 1 aliphatic carbocycles. The van der Waals surface area contributed by atoms with Gasteiger partial charge in [0.05, 0.1) is 34.1 Å². The van der Waals surface area contributed by atoms with Gasteiger partial charge >= 0.3 is 0 Å². The third kappa shape index (κ3) is 5.99. The predicted octanol–water partition coefficient (Wildman–Crippen LogP) is 2.27. The number of methoxy groups -OCH3 is 3. The summed E-state index contributed by atoms with van der Waals surface area (Å²) in [6.45, 7) is 0.141. The van der Waals surface area contributed by atoms with Crippen LogP contribution in [0, 0.1) is 0 Å². The molecule has 1 saturated carbocycles. The minimum atomic E-state index is -3.47. The van der Waals surface area contributed by atoms with Gasteiger partial charge in [0, 0.05) is 19.6 Å². The van der Waals surface area contributed by atoms with E-state index in [1.54, 1.807) is 19.2 Å². The summed E-state index contributed by atoms with van der Waals surface area (Å²) in [6.07, 6.45) is 5.88. The molecular formula is C20H32N2O6S. The molecule has 9 heteroatoms. The maximum Gasteiger partial charge on any atom is 0.237 e. The minimum absolute atomic E-state index is 0.0997. The Kier molecular flexibility index (Phi) is 8.15. The Morgan fingerprint density at radius 2 is 1.59 bits per heavy atom. The first-order valence-electron chi connectivity index (χ1n) is 9.71. The van der Waals surface area contributed by atoms with Crippen molar-refractivity contribution in [2.24, 2.45) is 0 Å². The Morgan fingerprint density at radius 1 is 1.03 bits per heavy atom. The van der Waals surface area contributed by atoms with Gasteiger partial charge in [-0.2, -0.15) is 4.31 Å². The number of hydrogen-bond donors (Lipinski definition) is 0. The highest BCUT2D eigenvalue weighted by Gasteiger charge is 2.30. The van der Waals surface area contributed by atoms with E-state index in [2.05, 4.69) is 0 Å². The average Bonchev–Trinajstić information content (AvgIpc) is 2.70. The van der Waals surface area contributed by atoms with Crippen LogP contribution in [0.1, 0.15) is 37.7 Å². The first-order valence-corrected chi connectivity index (χ1v) is 11.6. The van der Waals surface area contributed by atoms with Crippen LogP contribution in [-0.2, 0) is 21.4 Å². The lowest BCUT2D eigenvalue weighted by molar-refractivity contribution is -0.131. The van der Waals surface area contributed by atoms with Gasteiger partial charge in [0.25, 0.3) is 0 Å². The number of nitrogens with zero attached hydrogens (tertiary/aromatic N) is 2. The number of carbonyl (C=O) groups is 1. The molecule has 0 N–H and O–H groups in total. The van der Waals surface area contributed by atoms with E-state index in [0.717, 1.165) is 37.7 Å². The van der Waals surface area contributed by atoms with Crippen molar-refractivity contribution in [2.45, 2.75) is 44.7 Å². The number of hydrogen-bond acceptors (Lipinski definition) is 6. The Labute approximate surface area is 173 Å². The van der Waals surface area contributed by atoms with Crippen LogP contribution in [0.3, 0.4) is 0 Å². The van der Waals surface area contributed by atoms with Gasteiger partial charge in [-0.1, -0.05) is 19.3 Å². The molecule has 0 bridgehead atoms. The number of benzene rings is 1. The molecule has 0 aromatic heterocycles. The van der Waals surface area contributed by atoms with Crippen molar-refractivity contribution in [3.8, 4) is 17.2 Å². The zero-order valence-electron chi connectivity index (χ0n) is 17.9. The topological polar surface area (TPSA) is 85.4 Å². The van der Waals surface area contributed by atoms with E-state index in [9.17, 15) is 13.2 Å². The van der Waals surface area contributed by atoms with Gasteiger partial charge in [0.1, 0.15) is 0 Å². The molecule has 0 saturated heterocycles. The van der Waals surface area contributed by atoms with Gasteiger partial charge in [0.2, 0.25) is 21.7 Å². The molecule has 0 spiro atoms. The molecule has 0 heterocycles. The van der Waals surface area contributed by atoms with Crippen molar-refractivity contribution < 1.29 is 27.4 Å². The molecule has 1 aromatic rings. The van der Waals surface area contributed by atoms with Crippen LogP contribution in [0.4, 0.5) is 0 Å². The summed E-state index contributed by atoms with van der Waals surface area (Å²) in [7, 11) is 2.78. The van der Waals surface area contributed by atoms with Crippen LogP contribution in [0.25, 0.3) is 0 Å². The molecule has 164 valence electrons. The number of sulfonamides is 1. The molecule has 0 radical (unpaired) electrons. The number of carbonyl (C=O) groups excluding carboxylic acids is 1. The zero-order chi connectivity index (χ0) is 21.6. The van der Waals surface area contributed by atoms with Crippen LogP contribution in [-0.4, -0.2) is 70.7 Å². The molecule has 1 aromatic carbocycles. The van der Waals surface area contributed by atoms with E-state index in [1.807, 2.05) is 0 Å². The van der Waals surface area contributed by atoms with Crippen molar-refractivity contribution in [3.05, 3.63) is 17.7 Å². The highest BCUT2D eigenvalue weighted by molar-refractivity contribution is 7.88. The lowest BCUT2D eigenvalue weighted by Gasteiger charge is -2.33. The number of amides is 1. The van der Waals surface area contributed by atoms with Gasteiger partial charge in [-0.3, -0.25) is 4.79 Å². The number of rotatable bonds is 9. The fourth-order valence-electron chi connectivity index (χ4n) is 3.73. The van der Waals surface area contributed by atoms with Gasteiger partial charge in [-0.25, -0.2) is 8.42 Å². The maximum atomic E-state index is 12.8. The van der Waals surface area contributed by atoms with Crippen LogP contribution in [0.5, 0.6) is 17.2 Å². The second kappa shape index (κ2) is 10.2. The first kappa shape index (κ1) is 23.3. The van der Waals surface area contributed by atoms with Crippen LogP contribution in [0.15, 0.2) is 12.1 Å². The molecule has 1 amide bonds. The summed E-state index contributed by atoms with van der Waals surface area (Å²) in [5.74, 6) is 1.23. The van der Waals surface area contributed by atoms with Gasteiger partial charge in [-0.15, -0.1) is 0 Å². The van der Waals surface area contributed by atoms with Crippen LogP contribution in [0.2, 0.25) is 0 Å². The highest BCUT2D eigenvalue weighted by atomic mass is 32.2.